The predicted octanol–water partition coefficient (Wildman–Crippen LogP) is 4.11. The number of oxime groups is 1. The van der Waals surface area contributed by atoms with Gasteiger partial charge in [0, 0.05) is 17.7 Å². The highest BCUT2D eigenvalue weighted by atomic mass is 19.1. The topological polar surface area (TPSA) is 50.7 Å². The molecule has 0 aromatic heterocycles. The maximum Gasteiger partial charge on any atom is 0.268 e. The molecule has 1 atom stereocenters. The first-order valence-corrected chi connectivity index (χ1v) is 7.97. The number of anilines is 1. The van der Waals surface area contributed by atoms with Crippen molar-refractivity contribution in [2.75, 3.05) is 5.32 Å². The third-order valence-corrected chi connectivity index (χ3v) is 4.14. The van der Waals surface area contributed by atoms with E-state index in [0.29, 0.717) is 23.4 Å². The number of hydrogen-bond donors (Lipinski definition) is 1. The highest BCUT2D eigenvalue weighted by Gasteiger charge is 2.29. The molecule has 0 unspecified atom stereocenters. The first-order chi connectivity index (χ1) is 12.2. The van der Waals surface area contributed by atoms with Crippen molar-refractivity contribution in [2.24, 2.45) is 5.16 Å². The van der Waals surface area contributed by atoms with E-state index < -0.39 is 6.10 Å². The highest BCUT2D eigenvalue weighted by molar-refractivity contribution is 6.06. The number of carbonyl (C=O) groups excluding carboxylic acids is 1. The van der Waals surface area contributed by atoms with Crippen LogP contribution in [-0.2, 0) is 9.63 Å². The van der Waals surface area contributed by atoms with Crippen molar-refractivity contribution in [1.82, 2.24) is 0 Å². The maximum atomic E-state index is 13.3. The summed E-state index contributed by atoms with van der Waals surface area (Å²) in [5.74, 6) is -0.616. The van der Waals surface area contributed by atoms with Gasteiger partial charge in [0.15, 0.2) is 0 Å². The van der Waals surface area contributed by atoms with Crippen molar-refractivity contribution in [3.63, 3.8) is 0 Å². The van der Waals surface area contributed by atoms with Gasteiger partial charge >= 0.3 is 0 Å². The van der Waals surface area contributed by atoms with Crippen LogP contribution in [0.25, 0.3) is 10.8 Å². The Morgan fingerprint density at radius 3 is 2.72 bits per heavy atom. The Bertz CT molecular complexity index is 984. The van der Waals surface area contributed by atoms with Crippen LogP contribution in [0.5, 0.6) is 0 Å². The van der Waals surface area contributed by atoms with E-state index in [-0.39, 0.29) is 11.7 Å². The van der Waals surface area contributed by atoms with Gasteiger partial charge in [-0.3, -0.25) is 4.79 Å². The molecule has 4 rings (SSSR count). The molecule has 1 N–H and O–H groups in total. The molecule has 3 aromatic carbocycles. The molecular formula is C20H15FN2O2. The van der Waals surface area contributed by atoms with Crippen molar-refractivity contribution in [3.05, 3.63) is 78.1 Å². The van der Waals surface area contributed by atoms with Gasteiger partial charge in [-0.25, -0.2) is 4.39 Å². The summed E-state index contributed by atoms with van der Waals surface area (Å²) in [7, 11) is 0. The van der Waals surface area contributed by atoms with Crippen molar-refractivity contribution >= 4 is 28.1 Å². The SMILES string of the molecule is O=C(Nc1ccc2ccccc2c1)[C@@H]1CC(c2cccc(F)c2)=NO1. The van der Waals surface area contributed by atoms with E-state index in [1.165, 1.54) is 12.1 Å². The Balaban J connectivity index is 1.45. The summed E-state index contributed by atoms with van der Waals surface area (Å²) in [6.45, 7) is 0. The molecule has 5 heteroatoms. The summed E-state index contributed by atoms with van der Waals surface area (Å²) >= 11 is 0. The monoisotopic (exact) mass is 334 g/mol. The summed E-state index contributed by atoms with van der Waals surface area (Å²) in [5.41, 5.74) is 1.89. The van der Waals surface area contributed by atoms with Gasteiger partial charge in [0.2, 0.25) is 6.10 Å². The molecule has 4 nitrogen and oxygen atoms in total. The zero-order valence-corrected chi connectivity index (χ0v) is 13.3. The Morgan fingerprint density at radius 1 is 1.04 bits per heavy atom. The Hall–Kier alpha value is -3.21. The van der Waals surface area contributed by atoms with Gasteiger partial charge in [-0.1, -0.05) is 47.6 Å². The number of fused-ring (bicyclic) bond motifs is 1. The van der Waals surface area contributed by atoms with E-state index in [1.54, 1.807) is 12.1 Å². The summed E-state index contributed by atoms with van der Waals surface area (Å²) < 4.78 is 13.3. The fraction of sp³-hybridized carbons (Fsp3) is 0.100. The fourth-order valence-corrected chi connectivity index (χ4v) is 2.85. The number of nitrogens with zero attached hydrogens (tertiary/aromatic N) is 1. The summed E-state index contributed by atoms with van der Waals surface area (Å²) in [6.07, 6.45) is -0.409. The average molecular weight is 334 g/mol. The van der Waals surface area contributed by atoms with Gasteiger partial charge in [0.25, 0.3) is 5.91 Å². The van der Waals surface area contributed by atoms with Gasteiger partial charge in [-0.2, -0.15) is 0 Å². The quantitative estimate of drug-likeness (QED) is 0.783. The van der Waals surface area contributed by atoms with Crippen LogP contribution in [0.15, 0.2) is 71.9 Å². The Labute approximate surface area is 143 Å². The number of benzene rings is 3. The van der Waals surface area contributed by atoms with Gasteiger partial charge in [0.05, 0.1) is 5.71 Å². The van der Waals surface area contributed by atoms with Gasteiger partial charge in [-0.05, 0) is 35.0 Å². The molecular weight excluding hydrogens is 319 g/mol. The van der Waals surface area contributed by atoms with Crippen LogP contribution in [0.2, 0.25) is 0 Å². The van der Waals surface area contributed by atoms with E-state index >= 15 is 0 Å². The van der Waals surface area contributed by atoms with Crippen LogP contribution < -0.4 is 5.32 Å². The van der Waals surface area contributed by atoms with Crippen molar-refractivity contribution < 1.29 is 14.0 Å². The summed E-state index contributed by atoms with van der Waals surface area (Å²) in [5, 5.41) is 8.93. The summed E-state index contributed by atoms with van der Waals surface area (Å²) in [6, 6.07) is 19.7. The molecule has 124 valence electrons. The van der Waals surface area contributed by atoms with Crippen LogP contribution >= 0.6 is 0 Å². The number of rotatable bonds is 3. The average Bonchev–Trinajstić information content (AvgIpc) is 3.12. The van der Waals surface area contributed by atoms with Gasteiger partial charge in [-0.15, -0.1) is 0 Å². The molecule has 1 amide bonds. The number of amides is 1. The normalized spacial score (nSPS) is 16.4. The van der Waals surface area contributed by atoms with Crippen LogP contribution in [0.3, 0.4) is 0 Å². The van der Waals surface area contributed by atoms with E-state index in [1.807, 2.05) is 42.5 Å². The summed E-state index contributed by atoms with van der Waals surface area (Å²) in [4.78, 5) is 17.6. The van der Waals surface area contributed by atoms with Crippen LogP contribution in [0, 0.1) is 5.82 Å². The fourth-order valence-electron chi connectivity index (χ4n) is 2.85. The number of hydrogen-bond acceptors (Lipinski definition) is 3. The van der Waals surface area contributed by atoms with E-state index in [2.05, 4.69) is 10.5 Å². The molecule has 0 bridgehead atoms. The molecule has 0 spiro atoms. The Kier molecular flexibility index (Phi) is 3.90. The number of carbonyl (C=O) groups is 1. The molecule has 0 aliphatic carbocycles. The minimum atomic E-state index is -0.718. The molecule has 1 aliphatic heterocycles. The second-order valence-electron chi connectivity index (χ2n) is 5.90. The molecule has 25 heavy (non-hydrogen) atoms. The third kappa shape index (κ3) is 3.21. The minimum Gasteiger partial charge on any atom is -0.382 e. The molecule has 1 aliphatic rings. The lowest BCUT2D eigenvalue weighted by molar-refractivity contribution is -0.125. The van der Waals surface area contributed by atoms with Crippen molar-refractivity contribution in [2.45, 2.75) is 12.5 Å². The van der Waals surface area contributed by atoms with Crippen molar-refractivity contribution in [3.8, 4) is 0 Å². The van der Waals surface area contributed by atoms with E-state index in [9.17, 15) is 9.18 Å². The van der Waals surface area contributed by atoms with Crippen LogP contribution in [-0.4, -0.2) is 17.7 Å². The highest BCUT2D eigenvalue weighted by Crippen LogP contribution is 2.21. The molecule has 1 heterocycles. The van der Waals surface area contributed by atoms with Crippen LogP contribution in [0.1, 0.15) is 12.0 Å². The second kappa shape index (κ2) is 6.36. The van der Waals surface area contributed by atoms with E-state index in [0.717, 1.165) is 10.8 Å². The van der Waals surface area contributed by atoms with Gasteiger partial charge < -0.3 is 10.2 Å². The zero-order valence-electron chi connectivity index (χ0n) is 13.3. The maximum absolute atomic E-state index is 13.3. The Morgan fingerprint density at radius 2 is 1.88 bits per heavy atom. The zero-order chi connectivity index (χ0) is 17.2. The van der Waals surface area contributed by atoms with E-state index in [4.69, 9.17) is 4.84 Å². The van der Waals surface area contributed by atoms with Crippen LogP contribution in [0.4, 0.5) is 10.1 Å². The predicted molar refractivity (Wildman–Crippen MR) is 95.0 cm³/mol. The molecule has 3 aromatic rings. The minimum absolute atomic E-state index is 0.273. The third-order valence-electron chi connectivity index (χ3n) is 4.14. The molecule has 0 radical (unpaired) electrons. The largest absolute Gasteiger partial charge is 0.382 e. The lowest BCUT2D eigenvalue weighted by atomic mass is 10.0. The molecule has 0 saturated heterocycles. The number of halogens is 1. The first-order valence-electron chi connectivity index (χ1n) is 7.97. The second-order valence-corrected chi connectivity index (χ2v) is 5.90. The number of nitrogens with one attached hydrogen (secondary N) is 1. The van der Waals surface area contributed by atoms with Gasteiger partial charge in [0.1, 0.15) is 5.82 Å². The molecule has 0 fully saturated rings. The first kappa shape index (κ1) is 15.3. The lowest BCUT2D eigenvalue weighted by Gasteiger charge is -2.10. The standard InChI is InChI=1S/C20H15FN2O2/c21-16-7-3-6-15(10-16)18-12-19(25-23-18)20(24)22-17-9-8-13-4-1-2-5-14(13)11-17/h1-11,19H,12H2,(H,22,24)/t19-/m0/s1. The smallest absolute Gasteiger partial charge is 0.268 e. The molecule has 0 saturated carbocycles. The van der Waals surface area contributed by atoms with Crippen molar-refractivity contribution in [1.29, 1.82) is 0 Å². The lowest BCUT2D eigenvalue weighted by Crippen LogP contribution is -2.28.